The highest BCUT2D eigenvalue weighted by atomic mass is 32.1. The second-order valence-corrected chi connectivity index (χ2v) is 7.07. The fourth-order valence-corrected chi connectivity index (χ4v) is 3.91. The molecule has 0 bridgehead atoms. The van der Waals surface area contributed by atoms with E-state index in [1.807, 2.05) is 35.7 Å². The average molecular weight is 339 g/mol. The minimum atomic E-state index is -0.111. The first kappa shape index (κ1) is 14.3. The number of nitrogens with zero attached hydrogens (tertiary/aromatic N) is 3. The summed E-state index contributed by atoms with van der Waals surface area (Å²) in [5, 5.41) is 6.31. The number of hydrogen-bond acceptors (Lipinski definition) is 5. The van der Waals surface area contributed by atoms with Crippen molar-refractivity contribution in [2.75, 3.05) is 0 Å². The highest BCUT2D eigenvalue weighted by molar-refractivity contribution is 7.15. The van der Waals surface area contributed by atoms with Crippen LogP contribution in [0.4, 0.5) is 0 Å². The molecule has 0 aliphatic heterocycles. The fraction of sp³-hybridized carbons (Fsp3) is 0.118. The number of hydrogen-bond donors (Lipinski definition) is 0. The van der Waals surface area contributed by atoms with Gasteiger partial charge < -0.3 is 0 Å². The second-order valence-electron chi connectivity index (χ2n) is 5.12. The largest absolute Gasteiger partial charge is 0.291 e. The zero-order valence-corrected chi connectivity index (χ0v) is 14.0. The van der Waals surface area contributed by atoms with E-state index in [0.29, 0.717) is 15.3 Å². The number of aromatic nitrogens is 3. The molecule has 0 unspecified atom stereocenters. The van der Waals surface area contributed by atoms with Crippen molar-refractivity contribution in [3.8, 4) is 10.7 Å². The summed E-state index contributed by atoms with van der Waals surface area (Å²) in [7, 11) is 0. The molecule has 0 saturated heterocycles. The zero-order valence-electron chi connectivity index (χ0n) is 12.4. The Hall–Kier alpha value is -2.31. The Morgan fingerprint density at radius 3 is 2.70 bits per heavy atom. The Labute approximate surface area is 140 Å². The molecule has 3 aromatic heterocycles. The van der Waals surface area contributed by atoms with Gasteiger partial charge in [-0.1, -0.05) is 48.6 Å². The number of benzene rings is 1. The van der Waals surface area contributed by atoms with Crippen LogP contribution in [-0.4, -0.2) is 14.6 Å². The molecule has 4 aromatic rings. The quantitative estimate of drug-likeness (QED) is 0.576. The molecule has 0 aliphatic carbocycles. The van der Waals surface area contributed by atoms with Gasteiger partial charge in [-0.3, -0.25) is 4.79 Å². The van der Waals surface area contributed by atoms with Crippen molar-refractivity contribution in [1.82, 2.24) is 14.6 Å². The third-order valence-electron chi connectivity index (χ3n) is 3.61. The van der Waals surface area contributed by atoms with Crippen molar-refractivity contribution in [3.05, 3.63) is 67.8 Å². The summed E-state index contributed by atoms with van der Waals surface area (Å²) in [5.74, 6) is 0.613. The van der Waals surface area contributed by atoms with Crippen molar-refractivity contribution in [2.24, 2.45) is 0 Å². The normalized spacial score (nSPS) is 12.3. The van der Waals surface area contributed by atoms with E-state index in [1.165, 1.54) is 21.4 Å². The van der Waals surface area contributed by atoms with E-state index in [1.54, 1.807) is 11.3 Å². The second kappa shape index (κ2) is 5.72. The van der Waals surface area contributed by atoms with Crippen LogP contribution in [0.5, 0.6) is 0 Å². The summed E-state index contributed by atoms with van der Waals surface area (Å²) >= 11 is 2.94. The van der Waals surface area contributed by atoms with Crippen LogP contribution in [0.2, 0.25) is 0 Å². The van der Waals surface area contributed by atoms with Crippen LogP contribution >= 0.6 is 22.7 Å². The van der Waals surface area contributed by atoms with E-state index in [-0.39, 0.29) is 5.56 Å². The maximum Gasteiger partial charge on any atom is 0.291 e. The summed E-state index contributed by atoms with van der Waals surface area (Å²) in [6, 6.07) is 12.1. The SMILES string of the molecule is CCc1ccc(/C=c2\sc3nc(-c4cccs4)nn3c2=O)cc1. The van der Waals surface area contributed by atoms with Gasteiger partial charge in [-0.2, -0.15) is 9.50 Å². The molecule has 114 valence electrons. The third kappa shape index (κ3) is 2.60. The summed E-state index contributed by atoms with van der Waals surface area (Å²) in [5.41, 5.74) is 2.19. The topological polar surface area (TPSA) is 47.3 Å². The number of fused-ring (bicyclic) bond motifs is 1. The molecule has 0 spiro atoms. The summed E-state index contributed by atoms with van der Waals surface area (Å²) in [6.45, 7) is 2.12. The molecule has 4 nitrogen and oxygen atoms in total. The first-order chi connectivity index (χ1) is 11.2. The van der Waals surface area contributed by atoms with E-state index >= 15 is 0 Å². The standard InChI is InChI=1S/C17H13N3OS2/c1-2-11-5-7-12(8-6-11)10-14-16(21)20-17(23-14)18-15(19-20)13-4-3-9-22-13/h3-10H,2H2,1H3/b14-10-. The molecule has 0 saturated carbocycles. The van der Waals surface area contributed by atoms with E-state index < -0.39 is 0 Å². The van der Waals surface area contributed by atoms with Gasteiger partial charge in [0.2, 0.25) is 4.96 Å². The Morgan fingerprint density at radius 2 is 2.04 bits per heavy atom. The van der Waals surface area contributed by atoms with Crippen LogP contribution in [-0.2, 0) is 6.42 Å². The van der Waals surface area contributed by atoms with Crippen LogP contribution < -0.4 is 10.1 Å². The van der Waals surface area contributed by atoms with E-state index in [2.05, 4.69) is 29.1 Å². The number of aryl methyl sites for hydroxylation is 1. The molecule has 3 heterocycles. The Morgan fingerprint density at radius 1 is 1.22 bits per heavy atom. The van der Waals surface area contributed by atoms with Crippen molar-refractivity contribution < 1.29 is 0 Å². The van der Waals surface area contributed by atoms with Crippen molar-refractivity contribution >= 4 is 33.7 Å². The molecule has 0 radical (unpaired) electrons. The van der Waals surface area contributed by atoms with Crippen molar-refractivity contribution in [2.45, 2.75) is 13.3 Å². The van der Waals surface area contributed by atoms with Gasteiger partial charge in [0.25, 0.3) is 5.56 Å². The van der Waals surface area contributed by atoms with Crippen molar-refractivity contribution in [1.29, 1.82) is 0 Å². The molecule has 0 fully saturated rings. The zero-order chi connectivity index (χ0) is 15.8. The highest BCUT2D eigenvalue weighted by Gasteiger charge is 2.12. The highest BCUT2D eigenvalue weighted by Crippen LogP contribution is 2.21. The summed E-state index contributed by atoms with van der Waals surface area (Å²) in [4.78, 5) is 18.6. The Bertz CT molecular complexity index is 1060. The minimum Gasteiger partial charge on any atom is -0.266 e. The molecule has 4 rings (SSSR count). The average Bonchev–Trinajstić information content (AvgIpc) is 3.27. The van der Waals surface area contributed by atoms with Crippen LogP contribution in [0, 0.1) is 0 Å². The van der Waals surface area contributed by atoms with Crippen molar-refractivity contribution in [3.63, 3.8) is 0 Å². The summed E-state index contributed by atoms with van der Waals surface area (Å²) in [6.07, 6.45) is 2.91. The smallest absolute Gasteiger partial charge is 0.266 e. The Balaban J connectivity index is 1.79. The monoisotopic (exact) mass is 339 g/mol. The molecular formula is C17H13N3OS2. The molecule has 0 atom stereocenters. The predicted octanol–water partition coefficient (Wildman–Crippen LogP) is 2.99. The molecule has 0 N–H and O–H groups in total. The predicted molar refractivity (Wildman–Crippen MR) is 95.1 cm³/mol. The third-order valence-corrected chi connectivity index (χ3v) is 5.43. The van der Waals surface area contributed by atoms with E-state index in [0.717, 1.165) is 16.9 Å². The van der Waals surface area contributed by atoms with Crippen LogP contribution in [0.3, 0.4) is 0 Å². The molecule has 1 aromatic carbocycles. The lowest BCUT2D eigenvalue weighted by Crippen LogP contribution is -2.23. The molecule has 23 heavy (non-hydrogen) atoms. The van der Waals surface area contributed by atoms with Gasteiger partial charge in [0.05, 0.1) is 9.41 Å². The maximum atomic E-state index is 12.5. The Kier molecular flexibility index (Phi) is 3.55. The van der Waals surface area contributed by atoms with Gasteiger partial charge in [0.1, 0.15) is 0 Å². The maximum absolute atomic E-state index is 12.5. The first-order valence-corrected chi connectivity index (χ1v) is 8.98. The molecular weight excluding hydrogens is 326 g/mol. The van der Waals surface area contributed by atoms with Gasteiger partial charge in [-0.25, -0.2) is 0 Å². The number of thiazole rings is 1. The molecule has 6 heteroatoms. The fourth-order valence-electron chi connectivity index (χ4n) is 2.34. The minimum absolute atomic E-state index is 0.111. The van der Waals surface area contributed by atoms with E-state index in [9.17, 15) is 4.79 Å². The number of thiophene rings is 1. The molecule has 0 amide bonds. The van der Waals surface area contributed by atoms with Crippen LogP contribution in [0.1, 0.15) is 18.1 Å². The van der Waals surface area contributed by atoms with Gasteiger partial charge in [-0.15, -0.1) is 16.4 Å². The molecule has 0 aliphatic rings. The van der Waals surface area contributed by atoms with Crippen LogP contribution in [0.25, 0.3) is 21.7 Å². The van der Waals surface area contributed by atoms with E-state index in [4.69, 9.17) is 0 Å². The van der Waals surface area contributed by atoms with Gasteiger partial charge in [0, 0.05) is 0 Å². The summed E-state index contributed by atoms with van der Waals surface area (Å²) < 4.78 is 2.05. The lowest BCUT2D eigenvalue weighted by molar-refractivity contribution is 0.938. The number of rotatable bonds is 3. The first-order valence-electron chi connectivity index (χ1n) is 7.28. The van der Waals surface area contributed by atoms with Gasteiger partial charge >= 0.3 is 0 Å². The van der Waals surface area contributed by atoms with Gasteiger partial charge in [0.15, 0.2) is 5.82 Å². The van der Waals surface area contributed by atoms with Crippen LogP contribution in [0.15, 0.2) is 46.6 Å². The van der Waals surface area contributed by atoms with Gasteiger partial charge in [-0.05, 0) is 35.1 Å². The lowest BCUT2D eigenvalue weighted by Gasteiger charge is -1.96. The lowest BCUT2D eigenvalue weighted by atomic mass is 10.1.